The molecule has 8 heteroatoms. The Bertz CT molecular complexity index is 1150. The third-order valence-corrected chi connectivity index (χ3v) is 4.90. The quantitative estimate of drug-likeness (QED) is 0.492. The molecule has 3 aromatic rings. The van der Waals surface area contributed by atoms with E-state index in [-0.39, 0.29) is 29.6 Å². The molecule has 0 radical (unpaired) electrons. The van der Waals surface area contributed by atoms with Crippen molar-refractivity contribution in [2.75, 3.05) is 6.61 Å². The lowest BCUT2D eigenvalue weighted by molar-refractivity contribution is -0.384. The molecule has 0 saturated carbocycles. The summed E-state index contributed by atoms with van der Waals surface area (Å²) in [6.07, 6.45) is 0.366. The molecular formula is C22H25N3O5. The molecule has 1 N–H and O–H groups in total. The first kappa shape index (κ1) is 21.4. The van der Waals surface area contributed by atoms with E-state index in [4.69, 9.17) is 4.74 Å². The van der Waals surface area contributed by atoms with E-state index in [1.807, 2.05) is 19.1 Å². The monoisotopic (exact) mass is 411 g/mol. The summed E-state index contributed by atoms with van der Waals surface area (Å²) in [6.45, 7) is 8.31. The maximum Gasteiger partial charge on any atom is 0.270 e. The fourth-order valence-corrected chi connectivity index (χ4v) is 3.13. The fourth-order valence-electron chi connectivity index (χ4n) is 3.13. The van der Waals surface area contributed by atoms with Gasteiger partial charge in [0.1, 0.15) is 18.5 Å². The van der Waals surface area contributed by atoms with Crippen molar-refractivity contribution in [3.63, 3.8) is 0 Å². The van der Waals surface area contributed by atoms with E-state index in [1.54, 1.807) is 0 Å². The number of aliphatic hydroxyl groups is 1. The number of aromatic nitrogens is 2. The van der Waals surface area contributed by atoms with Crippen LogP contribution in [-0.2, 0) is 12.0 Å². The Balaban J connectivity index is 1.73. The van der Waals surface area contributed by atoms with Gasteiger partial charge in [-0.2, -0.15) is 0 Å². The minimum absolute atomic E-state index is 0.00484. The van der Waals surface area contributed by atoms with Crippen LogP contribution < -0.4 is 10.3 Å². The predicted octanol–water partition coefficient (Wildman–Crippen LogP) is 3.35. The Hall–Kier alpha value is -3.26. The molecule has 0 saturated heterocycles. The van der Waals surface area contributed by atoms with Crippen LogP contribution in [0, 0.1) is 17.0 Å². The molecule has 1 atom stereocenters. The number of benzene rings is 2. The van der Waals surface area contributed by atoms with Crippen LogP contribution in [0.2, 0.25) is 0 Å². The lowest BCUT2D eigenvalue weighted by atomic mass is 9.86. The SMILES string of the molecule is Cc1cc(C(C)(C)C)ccc1OCC(O)Cn1cnc2ccc([N+](=O)[O-])cc2c1=O. The lowest BCUT2D eigenvalue weighted by Gasteiger charge is -2.21. The van der Waals surface area contributed by atoms with Crippen LogP contribution in [0.5, 0.6) is 5.75 Å². The Morgan fingerprint density at radius 2 is 1.97 bits per heavy atom. The van der Waals surface area contributed by atoms with Gasteiger partial charge in [0.05, 0.1) is 28.7 Å². The first-order chi connectivity index (χ1) is 14.1. The van der Waals surface area contributed by atoms with Crippen molar-refractivity contribution >= 4 is 16.6 Å². The van der Waals surface area contributed by atoms with Crippen LogP contribution in [0.1, 0.15) is 31.9 Å². The van der Waals surface area contributed by atoms with E-state index in [0.717, 1.165) is 5.56 Å². The molecule has 0 spiro atoms. The Morgan fingerprint density at radius 3 is 2.60 bits per heavy atom. The van der Waals surface area contributed by atoms with Gasteiger partial charge in [-0.05, 0) is 35.6 Å². The highest BCUT2D eigenvalue weighted by atomic mass is 16.6. The van der Waals surface area contributed by atoms with Crippen LogP contribution in [0.4, 0.5) is 5.69 Å². The minimum Gasteiger partial charge on any atom is -0.491 e. The number of fused-ring (bicyclic) bond motifs is 1. The van der Waals surface area contributed by atoms with Crippen molar-refractivity contribution in [3.8, 4) is 5.75 Å². The smallest absolute Gasteiger partial charge is 0.270 e. The maximum absolute atomic E-state index is 12.6. The molecule has 0 bridgehead atoms. The number of rotatable bonds is 6. The Labute approximate surface area is 173 Å². The van der Waals surface area contributed by atoms with Gasteiger partial charge in [-0.3, -0.25) is 19.5 Å². The molecule has 0 aliphatic rings. The van der Waals surface area contributed by atoms with E-state index in [9.17, 15) is 20.0 Å². The number of hydrogen-bond donors (Lipinski definition) is 1. The summed E-state index contributed by atoms with van der Waals surface area (Å²) in [4.78, 5) is 27.2. The molecule has 0 aliphatic carbocycles. The summed E-state index contributed by atoms with van der Waals surface area (Å²) in [5.41, 5.74) is 1.91. The summed E-state index contributed by atoms with van der Waals surface area (Å²) >= 11 is 0. The lowest BCUT2D eigenvalue weighted by Crippen LogP contribution is -2.30. The molecule has 2 aromatic carbocycles. The van der Waals surface area contributed by atoms with Gasteiger partial charge in [0, 0.05) is 12.1 Å². The second-order valence-corrected chi connectivity index (χ2v) is 8.36. The first-order valence-electron chi connectivity index (χ1n) is 9.62. The third kappa shape index (κ3) is 4.65. The number of aliphatic hydroxyl groups excluding tert-OH is 1. The van der Waals surface area contributed by atoms with E-state index < -0.39 is 16.6 Å². The maximum atomic E-state index is 12.6. The van der Waals surface area contributed by atoms with Gasteiger partial charge in [0.25, 0.3) is 11.2 Å². The second-order valence-electron chi connectivity index (χ2n) is 8.36. The highest BCUT2D eigenvalue weighted by Crippen LogP contribution is 2.27. The van der Waals surface area contributed by atoms with Crippen LogP contribution in [0.3, 0.4) is 0 Å². The number of aryl methyl sites for hydroxylation is 1. The number of nitro groups is 1. The molecule has 1 aromatic heterocycles. The molecule has 158 valence electrons. The van der Waals surface area contributed by atoms with Gasteiger partial charge in [0.15, 0.2) is 0 Å². The average Bonchev–Trinajstić information content (AvgIpc) is 2.68. The van der Waals surface area contributed by atoms with Crippen molar-refractivity contribution in [1.82, 2.24) is 9.55 Å². The summed E-state index contributed by atoms with van der Waals surface area (Å²) in [7, 11) is 0. The number of non-ortho nitro benzene ring substituents is 1. The van der Waals surface area contributed by atoms with Gasteiger partial charge in [-0.15, -0.1) is 0 Å². The van der Waals surface area contributed by atoms with E-state index in [1.165, 1.54) is 34.7 Å². The second kappa shape index (κ2) is 8.23. The Morgan fingerprint density at radius 1 is 1.23 bits per heavy atom. The zero-order valence-corrected chi connectivity index (χ0v) is 17.5. The van der Waals surface area contributed by atoms with E-state index in [2.05, 4.69) is 31.8 Å². The zero-order chi connectivity index (χ0) is 22.1. The van der Waals surface area contributed by atoms with Crippen molar-refractivity contribution in [3.05, 3.63) is 74.3 Å². The number of ether oxygens (including phenoxy) is 1. The third-order valence-electron chi connectivity index (χ3n) is 4.90. The average molecular weight is 411 g/mol. The molecule has 8 nitrogen and oxygen atoms in total. The van der Waals surface area contributed by atoms with Gasteiger partial charge in [-0.25, -0.2) is 4.98 Å². The number of nitrogens with zero attached hydrogens (tertiary/aromatic N) is 3. The van der Waals surface area contributed by atoms with Gasteiger partial charge < -0.3 is 9.84 Å². The highest BCUT2D eigenvalue weighted by Gasteiger charge is 2.16. The fraction of sp³-hybridized carbons (Fsp3) is 0.364. The van der Waals surface area contributed by atoms with E-state index >= 15 is 0 Å². The van der Waals surface area contributed by atoms with Crippen molar-refractivity contribution < 1.29 is 14.8 Å². The van der Waals surface area contributed by atoms with Crippen LogP contribution in [-0.4, -0.2) is 32.3 Å². The summed E-state index contributed by atoms with van der Waals surface area (Å²) in [5.74, 6) is 0.668. The summed E-state index contributed by atoms with van der Waals surface area (Å²) in [6, 6.07) is 9.87. The highest BCUT2D eigenvalue weighted by molar-refractivity contribution is 5.79. The molecule has 0 fully saturated rings. The predicted molar refractivity (Wildman–Crippen MR) is 114 cm³/mol. The van der Waals surface area contributed by atoms with Gasteiger partial charge in [0.2, 0.25) is 0 Å². The molecule has 3 rings (SSSR count). The molecule has 1 unspecified atom stereocenters. The van der Waals surface area contributed by atoms with Crippen molar-refractivity contribution in [2.24, 2.45) is 0 Å². The number of nitro benzene ring substituents is 1. The normalized spacial score (nSPS) is 12.7. The molecule has 0 aliphatic heterocycles. The zero-order valence-electron chi connectivity index (χ0n) is 17.5. The first-order valence-corrected chi connectivity index (χ1v) is 9.62. The van der Waals surface area contributed by atoms with E-state index in [0.29, 0.717) is 11.3 Å². The number of hydrogen-bond acceptors (Lipinski definition) is 6. The largest absolute Gasteiger partial charge is 0.491 e. The molecule has 0 amide bonds. The van der Waals surface area contributed by atoms with Gasteiger partial charge >= 0.3 is 0 Å². The molecular weight excluding hydrogens is 386 g/mol. The molecule has 1 heterocycles. The topological polar surface area (TPSA) is 107 Å². The van der Waals surface area contributed by atoms with Crippen molar-refractivity contribution in [1.29, 1.82) is 0 Å². The minimum atomic E-state index is -0.956. The Kier molecular flexibility index (Phi) is 5.89. The standard InChI is InChI=1S/C22H25N3O5/c1-14-9-15(22(2,3)4)5-8-20(14)30-12-17(26)11-24-13-23-19-7-6-16(25(28)29)10-18(19)21(24)27/h5-10,13,17,26H,11-12H2,1-4H3. The van der Waals surface area contributed by atoms with Crippen molar-refractivity contribution in [2.45, 2.75) is 45.8 Å². The summed E-state index contributed by atoms with van der Waals surface area (Å²) in [5, 5.41) is 21.5. The summed E-state index contributed by atoms with van der Waals surface area (Å²) < 4.78 is 6.97. The van der Waals surface area contributed by atoms with Gasteiger partial charge in [-0.1, -0.05) is 32.9 Å². The van der Waals surface area contributed by atoms with Crippen LogP contribution in [0.25, 0.3) is 10.9 Å². The van der Waals surface area contributed by atoms with Crippen LogP contribution >= 0.6 is 0 Å². The molecule has 30 heavy (non-hydrogen) atoms. The van der Waals surface area contributed by atoms with Crippen LogP contribution in [0.15, 0.2) is 47.5 Å².